The minimum absolute atomic E-state index is 0.0734. The third kappa shape index (κ3) is 4.07. The van der Waals surface area contributed by atoms with E-state index in [9.17, 15) is 14.0 Å². The van der Waals surface area contributed by atoms with E-state index in [0.29, 0.717) is 26.1 Å². The van der Waals surface area contributed by atoms with Gasteiger partial charge in [0.05, 0.1) is 6.54 Å². The summed E-state index contributed by atoms with van der Waals surface area (Å²) in [5.41, 5.74) is 0.478. The largest absolute Gasteiger partial charge is 0.458 e. The Morgan fingerprint density at radius 3 is 2.78 bits per heavy atom. The van der Waals surface area contributed by atoms with Crippen LogP contribution in [0.1, 0.15) is 31.2 Å². The van der Waals surface area contributed by atoms with Crippen LogP contribution in [-0.2, 0) is 20.9 Å². The van der Waals surface area contributed by atoms with Gasteiger partial charge < -0.3 is 10.1 Å². The summed E-state index contributed by atoms with van der Waals surface area (Å²) in [6.07, 6.45) is 3.04. The molecule has 23 heavy (non-hydrogen) atoms. The van der Waals surface area contributed by atoms with E-state index in [2.05, 4.69) is 5.32 Å². The number of nitrogens with zero attached hydrogens (tertiary/aromatic N) is 1. The number of carbonyl (C=O) groups excluding carboxylic acids is 2. The van der Waals surface area contributed by atoms with Gasteiger partial charge in [0.1, 0.15) is 11.4 Å². The quantitative estimate of drug-likeness (QED) is 0.857. The molecule has 1 atom stereocenters. The van der Waals surface area contributed by atoms with Crippen LogP contribution in [0.4, 0.5) is 4.39 Å². The number of carbonyl (C=O) groups is 2. The SMILES string of the molecule is O=C(CN1CCC[C@@]2(CCC(=O)O2)C1)NCc1ccc(F)cc1. The fourth-order valence-corrected chi connectivity index (χ4v) is 3.35. The standard InChI is InChI=1S/C17H21FN2O3/c18-14-4-2-13(3-5-14)10-19-15(21)11-20-9-1-7-17(12-20)8-6-16(22)23-17/h2-5H,1,6-12H2,(H,19,21)/t17-/m1/s1. The Hall–Kier alpha value is -1.95. The molecule has 2 aliphatic rings. The molecule has 0 saturated carbocycles. The molecule has 1 aromatic rings. The zero-order valence-electron chi connectivity index (χ0n) is 13.0. The normalized spacial score (nSPS) is 24.7. The maximum Gasteiger partial charge on any atom is 0.306 e. The number of ether oxygens (including phenoxy) is 1. The van der Waals surface area contributed by atoms with Gasteiger partial charge in [-0.25, -0.2) is 4.39 Å². The lowest BCUT2D eigenvalue weighted by Crippen LogP contribution is -2.50. The molecule has 0 aliphatic carbocycles. The van der Waals surface area contributed by atoms with E-state index in [1.54, 1.807) is 12.1 Å². The number of rotatable bonds is 4. The van der Waals surface area contributed by atoms with Gasteiger partial charge in [0.2, 0.25) is 5.91 Å². The van der Waals surface area contributed by atoms with Crippen molar-refractivity contribution in [2.24, 2.45) is 0 Å². The van der Waals surface area contributed by atoms with Gasteiger partial charge in [-0.1, -0.05) is 12.1 Å². The van der Waals surface area contributed by atoms with E-state index in [1.165, 1.54) is 12.1 Å². The molecule has 1 amide bonds. The molecule has 0 bridgehead atoms. The van der Waals surface area contributed by atoms with Gasteiger partial charge in [-0.15, -0.1) is 0 Å². The molecule has 2 saturated heterocycles. The predicted octanol–water partition coefficient (Wildman–Crippen LogP) is 1.61. The molecule has 0 radical (unpaired) electrons. The van der Waals surface area contributed by atoms with Crippen molar-refractivity contribution in [1.82, 2.24) is 10.2 Å². The predicted molar refractivity (Wildman–Crippen MR) is 82.0 cm³/mol. The molecule has 3 rings (SSSR count). The minimum Gasteiger partial charge on any atom is -0.458 e. The summed E-state index contributed by atoms with van der Waals surface area (Å²) in [5.74, 6) is -0.492. The van der Waals surface area contributed by atoms with E-state index >= 15 is 0 Å². The number of nitrogens with one attached hydrogen (secondary N) is 1. The highest BCUT2D eigenvalue weighted by Crippen LogP contribution is 2.34. The van der Waals surface area contributed by atoms with Crippen LogP contribution in [0.5, 0.6) is 0 Å². The minimum atomic E-state index is -0.382. The maximum atomic E-state index is 12.8. The van der Waals surface area contributed by atoms with Gasteiger partial charge in [-0.3, -0.25) is 14.5 Å². The average Bonchev–Trinajstić information content (AvgIpc) is 2.87. The van der Waals surface area contributed by atoms with E-state index in [-0.39, 0.29) is 23.3 Å². The molecule has 2 fully saturated rings. The zero-order chi connectivity index (χ0) is 16.3. The first-order valence-electron chi connectivity index (χ1n) is 8.00. The Morgan fingerprint density at radius 1 is 1.30 bits per heavy atom. The van der Waals surface area contributed by atoms with E-state index < -0.39 is 0 Å². The van der Waals surface area contributed by atoms with E-state index in [1.807, 2.05) is 4.90 Å². The van der Waals surface area contributed by atoms with Crippen molar-refractivity contribution in [3.63, 3.8) is 0 Å². The van der Waals surface area contributed by atoms with Crippen molar-refractivity contribution in [3.8, 4) is 0 Å². The zero-order valence-corrected chi connectivity index (χ0v) is 13.0. The van der Waals surface area contributed by atoms with Crippen molar-refractivity contribution >= 4 is 11.9 Å². The summed E-state index contributed by atoms with van der Waals surface area (Å²) in [4.78, 5) is 25.5. The summed E-state index contributed by atoms with van der Waals surface area (Å²) < 4.78 is 18.3. The Kier molecular flexibility index (Phi) is 4.61. The molecule has 1 aromatic carbocycles. The average molecular weight is 320 g/mol. The number of esters is 1. The Morgan fingerprint density at radius 2 is 2.09 bits per heavy atom. The molecule has 0 aromatic heterocycles. The van der Waals surface area contributed by atoms with Gasteiger partial charge in [-0.05, 0) is 43.5 Å². The summed E-state index contributed by atoms with van der Waals surface area (Å²) >= 11 is 0. The molecule has 2 aliphatic heterocycles. The first-order valence-corrected chi connectivity index (χ1v) is 8.00. The van der Waals surface area contributed by atoms with Crippen molar-refractivity contribution in [2.75, 3.05) is 19.6 Å². The molecule has 124 valence electrons. The van der Waals surface area contributed by atoms with Gasteiger partial charge in [0.25, 0.3) is 0 Å². The third-order valence-corrected chi connectivity index (χ3v) is 4.50. The number of benzene rings is 1. The summed E-state index contributed by atoms with van der Waals surface area (Å²) in [7, 11) is 0. The van der Waals surface area contributed by atoms with Crippen molar-refractivity contribution in [2.45, 2.75) is 37.8 Å². The van der Waals surface area contributed by atoms with Crippen molar-refractivity contribution in [3.05, 3.63) is 35.6 Å². The number of hydrogen-bond acceptors (Lipinski definition) is 4. The topological polar surface area (TPSA) is 58.6 Å². The van der Waals surface area contributed by atoms with Crippen LogP contribution in [0.2, 0.25) is 0 Å². The second-order valence-corrected chi connectivity index (χ2v) is 6.37. The van der Waals surface area contributed by atoms with Crippen LogP contribution in [-0.4, -0.2) is 42.0 Å². The Balaban J connectivity index is 1.47. The number of hydrogen-bond donors (Lipinski definition) is 1. The highest BCUT2D eigenvalue weighted by Gasteiger charge is 2.43. The van der Waals surface area contributed by atoms with E-state index in [4.69, 9.17) is 4.74 Å². The summed E-state index contributed by atoms with van der Waals surface area (Å²) in [6.45, 7) is 2.14. The highest BCUT2D eigenvalue weighted by molar-refractivity contribution is 5.78. The van der Waals surface area contributed by atoms with Crippen molar-refractivity contribution < 1.29 is 18.7 Å². The lowest BCUT2D eigenvalue weighted by Gasteiger charge is -2.38. The molecule has 2 heterocycles. The van der Waals surface area contributed by atoms with Crippen LogP contribution in [0.15, 0.2) is 24.3 Å². The summed E-state index contributed by atoms with van der Waals surface area (Å²) in [5, 5.41) is 2.84. The smallest absolute Gasteiger partial charge is 0.306 e. The number of amides is 1. The van der Waals surface area contributed by atoms with Crippen LogP contribution in [0.25, 0.3) is 0 Å². The van der Waals surface area contributed by atoms with Crippen LogP contribution in [0, 0.1) is 5.82 Å². The molecule has 1 N–H and O–H groups in total. The van der Waals surface area contributed by atoms with E-state index in [0.717, 1.165) is 31.4 Å². The number of piperidine rings is 1. The Labute approximate surface area is 134 Å². The second kappa shape index (κ2) is 6.66. The first kappa shape index (κ1) is 15.9. The van der Waals surface area contributed by atoms with Crippen LogP contribution >= 0.6 is 0 Å². The molecule has 6 heteroatoms. The third-order valence-electron chi connectivity index (χ3n) is 4.50. The fraction of sp³-hybridized carbons (Fsp3) is 0.529. The first-order chi connectivity index (χ1) is 11.0. The lowest BCUT2D eigenvalue weighted by atomic mass is 9.90. The summed E-state index contributed by atoms with van der Waals surface area (Å²) in [6, 6.07) is 6.07. The second-order valence-electron chi connectivity index (χ2n) is 6.37. The van der Waals surface area contributed by atoms with Crippen molar-refractivity contribution in [1.29, 1.82) is 0 Å². The molecule has 5 nitrogen and oxygen atoms in total. The molecule has 0 unspecified atom stereocenters. The van der Waals surface area contributed by atoms with Gasteiger partial charge in [0.15, 0.2) is 0 Å². The van der Waals surface area contributed by atoms with Crippen LogP contribution < -0.4 is 5.32 Å². The monoisotopic (exact) mass is 320 g/mol. The molecular weight excluding hydrogens is 299 g/mol. The van der Waals surface area contributed by atoms with Gasteiger partial charge >= 0.3 is 5.97 Å². The number of halogens is 1. The molecular formula is C17H21FN2O3. The lowest BCUT2D eigenvalue weighted by molar-refractivity contribution is -0.152. The fourth-order valence-electron chi connectivity index (χ4n) is 3.35. The maximum absolute atomic E-state index is 12.8. The Bertz CT molecular complexity index is 590. The van der Waals surface area contributed by atoms with Crippen LogP contribution in [0.3, 0.4) is 0 Å². The van der Waals surface area contributed by atoms with Gasteiger partial charge in [0, 0.05) is 19.5 Å². The van der Waals surface area contributed by atoms with Gasteiger partial charge in [-0.2, -0.15) is 0 Å². The molecule has 1 spiro atoms. The highest BCUT2D eigenvalue weighted by atomic mass is 19.1. The number of likely N-dealkylation sites (tertiary alicyclic amines) is 1.